The number of aliphatic hydroxyl groups excluding tert-OH is 1. The minimum Gasteiger partial charge on any atom is -0.497 e. The van der Waals surface area contributed by atoms with Gasteiger partial charge < -0.3 is 24.4 Å². The molecule has 0 unspecified atom stereocenters. The monoisotopic (exact) mass is 358 g/mol. The molecule has 0 aliphatic rings. The Morgan fingerprint density at radius 1 is 1.15 bits per heavy atom. The molecule has 0 aromatic heterocycles. The highest BCUT2D eigenvalue weighted by atomic mass is 16.5. The molecule has 2 N–H and O–H groups in total. The summed E-state index contributed by atoms with van der Waals surface area (Å²) in [6.45, 7) is 2.09. The molecule has 0 saturated carbocycles. The summed E-state index contributed by atoms with van der Waals surface area (Å²) in [5.41, 5.74) is 1.38. The number of benzene rings is 2. The van der Waals surface area contributed by atoms with Gasteiger partial charge in [0.25, 0.3) is 0 Å². The van der Waals surface area contributed by atoms with Crippen LogP contribution in [0.1, 0.15) is 24.2 Å². The summed E-state index contributed by atoms with van der Waals surface area (Å²) in [4.78, 5) is 11.1. The first kappa shape index (κ1) is 19.3. The first-order valence-electron chi connectivity index (χ1n) is 8.16. The van der Waals surface area contributed by atoms with Crippen molar-refractivity contribution in [2.75, 3.05) is 20.3 Å². The van der Waals surface area contributed by atoms with E-state index in [1.807, 2.05) is 0 Å². The number of aliphatic carboxylic acids is 1. The predicted molar refractivity (Wildman–Crippen MR) is 97.1 cm³/mol. The molecule has 0 aliphatic carbocycles. The number of ether oxygens (including phenoxy) is 3. The number of carbonyl (C=O) groups is 1. The Kier molecular flexibility index (Phi) is 7.05. The summed E-state index contributed by atoms with van der Waals surface area (Å²) in [6, 6.07) is 14.0. The van der Waals surface area contributed by atoms with Gasteiger partial charge in [0.1, 0.15) is 24.2 Å². The molecule has 0 amide bonds. The number of hydrogen-bond acceptors (Lipinski definition) is 5. The summed E-state index contributed by atoms with van der Waals surface area (Å²) in [6.07, 6.45) is 0.655. The largest absolute Gasteiger partial charge is 0.497 e. The summed E-state index contributed by atoms with van der Waals surface area (Å²) < 4.78 is 15.8. The third kappa shape index (κ3) is 5.53. The molecule has 2 aromatic rings. The zero-order valence-corrected chi connectivity index (χ0v) is 14.7. The second-order valence-corrected chi connectivity index (χ2v) is 5.42. The lowest BCUT2D eigenvalue weighted by atomic mass is 10.1. The number of rotatable bonds is 9. The number of methoxy groups -OCH3 is 1. The van der Waals surface area contributed by atoms with Gasteiger partial charge in [0.05, 0.1) is 13.7 Å². The average molecular weight is 358 g/mol. The van der Waals surface area contributed by atoms with E-state index in [4.69, 9.17) is 19.3 Å². The lowest BCUT2D eigenvalue weighted by molar-refractivity contribution is -0.136. The van der Waals surface area contributed by atoms with Gasteiger partial charge in [-0.05, 0) is 48.4 Å². The van der Waals surface area contributed by atoms with Crippen LogP contribution >= 0.6 is 0 Å². The minimum atomic E-state index is -1.12. The van der Waals surface area contributed by atoms with Crippen molar-refractivity contribution in [1.29, 1.82) is 0 Å². The van der Waals surface area contributed by atoms with E-state index in [1.165, 1.54) is 6.08 Å². The molecule has 0 saturated heterocycles. The van der Waals surface area contributed by atoms with Crippen molar-refractivity contribution in [2.24, 2.45) is 0 Å². The fraction of sp³-hybridized carbons (Fsp3) is 0.250. The minimum absolute atomic E-state index is 0.0850. The Hall–Kier alpha value is -2.99. The zero-order valence-electron chi connectivity index (χ0n) is 14.7. The van der Waals surface area contributed by atoms with Crippen molar-refractivity contribution < 1.29 is 29.2 Å². The molecule has 0 aliphatic heterocycles. The Bertz CT molecular complexity index is 751. The topological polar surface area (TPSA) is 85.2 Å². The highest BCUT2D eigenvalue weighted by molar-refractivity contribution is 5.89. The van der Waals surface area contributed by atoms with Crippen LogP contribution < -0.4 is 9.47 Å². The molecular formula is C20H22O6. The van der Waals surface area contributed by atoms with E-state index in [2.05, 4.69) is 0 Å². The number of hydrogen-bond donors (Lipinski definition) is 2. The van der Waals surface area contributed by atoms with Crippen LogP contribution in [0.4, 0.5) is 0 Å². The summed E-state index contributed by atoms with van der Waals surface area (Å²) in [7, 11) is 1.57. The Morgan fingerprint density at radius 3 is 2.50 bits per heavy atom. The summed E-state index contributed by atoms with van der Waals surface area (Å²) >= 11 is 0. The van der Waals surface area contributed by atoms with Gasteiger partial charge in [-0.25, -0.2) is 4.79 Å². The number of aliphatic hydroxyl groups is 1. The molecule has 1 atom stereocenters. The lowest BCUT2D eigenvalue weighted by Crippen LogP contribution is -2.09. The standard InChI is InChI=1S/C20H22O6/c1-3-25-19(20(22)23)11-14-7-9-16(10-8-14)26-13-18(21)15-5-4-6-17(12-15)24-2/h4-12,18,21H,3,13H2,1-2H3,(H,22,23)/b19-11-/t18-/m0/s1. The quantitative estimate of drug-likeness (QED) is 0.529. The van der Waals surface area contributed by atoms with Gasteiger partial charge >= 0.3 is 5.97 Å². The van der Waals surface area contributed by atoms with E-state index >= 15 is 0 Å². The van der Waals surface area contributed by atoms with Crippen LogP contribution in [-0.4, -0.2) is 36.5 Å². The maximum absolute atomic E-state index is 11.1. The Balaban J connectivity index is 1.98. The molecule has 0 radical (unpaired) electrons. The van der Waals surface area contributed by atoms with Crippen LogP contribution in [0.25, 0.3) is 6.08 Å². The van der Waals surface area contributed by atoms with Crippen LogP contribution in [0.2, 0.25) is 0 Å². The van der Waals surface area contributed by atoms with Crippen molar-refractivity contribution in [1.82, 2.24) is 0 Å². The predicted octanol–water partition coefficient (Wildman–Crippen LogP) is 3.27. The van der Waals surface area contributed by atoms with Gasteiger partial charge in [-0.3, -0.25) is 0 Å². The van der Waals surface area contributed by atoms with Crippen LogP contribution in [-0.2, 0) is 9.53 Å². The van der Waals surface area contributed by atoms with Gasteiger partial charge in [-0.2, -0.15) is 0 Å². The van der Waals surface area contributed by atoms with E-state index < -0.39 is 12.1 Å². The molecule has 6 heteroatoms. The van der Waals surface area contributed by atoms with E-state index in [9.17, 15) is 9.90 Å². The highest BCUT2D eigenvalue weighted by Crippen LogP contribution is 2.21. The Morgan fingerprint density at radius 2 is 1.88 bits per heavy atom. The van der Waals surface area contributed by atoms with E-state index in [0.29, 0.717) is 22.6 Å². The van der Waals surface area contributed by atoms with Crippen molar-refractivity contribution in [2.45, 2.75) is 13.0 Å². The maximum atomic E-state index is 11.1. The molecular weight excluding hydrogens is 336 g/mol. The van der Waals surface area contributed by atoms with Gasteiger partial charge in [0.2, 0.25) is 5.76 Å². The molecule has 0 spiro atoms. The molecule has 2 rings (SSSR count). The third-order valence-corrected chi connectivity index (χ3v) is 3.57. The number of carboxylic acids is 1. The average Bonchev–Trinajstić information content (AvgIpc) is 2.66. The number of carboxylic acid groups (broad SMARTS) is 1. The van der Waals surface area contributed by atoms with Crippen molar-refractivity contribution >= 4 is 12.0 Å². The van der Waals surface area contributed by atoms with Gasteiger partial charge in [-0.1, -0.05) is 24.3 Å². The van der Waals surface area contributed by atoms with Gasteiger partial charge in [0, 0.05) is 0 Å². The fourth-order valence-electron chi connectivity index (χ4n) is 2.25. The van der Waals surface area contributed by atoms with E-state index in [0.717, 1.165) is 0 Å². The lowest BCUT2D eigenvalue weighted by Gasteiger charge is -2.13. The van der Waals surface area contributed by atoms with E-state index in [1.54, 1.807) is 62.6 Å². The first-order chi connectivity index (χ1) is 12.5. The molecule has 0 bridgehead atoms. The molecule has 0 heterocycles. The second kappa shape index (κ2) is 9.48. The summed E-state index contributed by atoms with van der Waals surface area (Å²) in [5.74, 6) is 0.00167. The molecule has 138 valence electrons. The maximum Gasteiger partial charge on any atom is 0.371 e. The second-order valence-electron chi connectivity index (χ2n) is 5.42. The molecule has 26 heavy (non-hydrogen) atoms. The smallest absolute Gasteiger partial charge is 0.371 e. The molecule has 6 nitrogen and oxygen atoms in total. The van der Waals surface area contributed by atoms with Crippen molar-refractivity contribution in [3.05, 3.63) is 65.4 Å². The third-order valence-electron chi connectivity index (χ3n) is 3.57. The molecule has 0 fully saturated rings. The van der Waals surface area contributed by atoms with E-state index in [-0.39, 0.29) is 19.0 Å². The van der Waals surface area contributed by atoms with Crippen LogP contribution in [0, 0.1) is 0 Å². The molecule has 2 aromatic carbocycles. The van der Waals surface area contributed by atoms with Crippen molar-refractivity contribution in [3.8, 4) is 11.5 Å². The highest BCUT2D eigenvalue weighted by Gasteiger charge is 2.10. The normalized spacial score (nSPS) is 12.3. The van der Waals surface area contributed by atoms with Gasteiger partial charge in [0.15, 0.2) is 0 Å². The fourth-order valence-corrected chi connectivity index (χ4v) is 2.25. The Labute approximate surface area is 152 Å². The van der Waals surface area contributed by atoms with Crippen molar-refractivity contribution in [3.63, 3.8) is 0 Å². The van der Waals surface area contributed by atoms with Crippen LogP contribution in [0.15, 0.2) is 54.3 Å². The SMILES string of the molecule is CCO/C(=C\c1ccc(OC[C@H](O)c2cccc(OC)c2)cc1)C(=O)O. The zero-order chi connectivity index (χ0) is 18.9. The first-order valence-corrected chi connectivity index (χ1v) is 8.16. The summed E-state index contributed by atoms with van der Waals surface area (Å²) in [5, 5.41) is 19.3. The van der Waals surface area contributed by atoms with Gasteiger partial charge in [-0.15, -0.1) is 0 Å². The van der Waals surface area contributed by atoms with Crippen LogP contribution in [0.3, 0.4) is 0 Å². The van der Waals surface area contributed by atoms with Crippen LogP contribution in [0.5, 0.6) is 11.5 Å².